The van der Waals surface area contributed by atoms with Crippen LogP contribution in [0.25, 0.3) is 10.9 Å². The molecule has 0 saturated carbocycles. The number of unbranched alkanes of at least 4 members (excludes halogenated alkanes) is 1. The first-order valence-corrected chi connectivity index (χ1v) is 44.2. The number of carboxylic acids is 1. The number of aromatic hydroxyl groups is 1. The van der Waals surface area contributed by atoms with Crippen molar-refractivity contribution in [2.75, 3.05) is 24.7 Å². The van der Waals surface area contributed by atoms with E-state index >= 15 is 28.8 Å². The van der Waals surface area contributed by atoms with Crippen LogP contribution in [0.5, 0.6) is 5.75 Å². The van der Waals surface area contributed by atoms with Crippen molar-refractivity contribution in [1.29, 1.82) is 0 Å². The number of aliphatic hydroxyl groups excluding tert-OH is 3. The van der Waals surface area contributed by atoms with Crippen LogP contribution in [0.4, 0.5) is 4.79 Å². The second kappa shape index (κ2) is 49.8. The number of para-hydroxylation sites is 1. The molecule has 127 heavy (non-hydrogen) atoms. The van der Waals surface area contributed by atoms with Crippen LogP contribution >= 0.6 is 21.6 Å². The maximum absolute atomic E-state index is 15.8. The van der Waals surface area contributed by atoms with E-state index in [1.807, 2.05) is 26.0 Å². The Hall–Kier alpha value is -12.7. The highest BCUT2D eigenvalue weighted by Gasteiger charge is 2.40. The third-order valence-electron chi connectivity index (χ3n) is 20.8. The lowest BCUT2D eigenvalue weighted by atomic mass is 9.99. The number of nitrogens with two attached hydrogens (primary N) is 1. The Balaban J connectivity index is 1.13. The molecule has 21 N–H and O–H groups in total. The molecular formula is C91H111N15O19S2. The maximum atomic E-state index is 15.8. The number of hydrogen-bond acceptors (Lipinski definition) is 22. The molecule has 0 radical (unpaired) electrons. The number of benzene rings is 7. The van der Waals surface area contributed by atoms with Crippen LogP contribution < -0.4 is 74.9 Å². The normalized spacial score (nSPS) is 21.8. The van der Waals surface area contributed by atoms with Gasteiger partial charge in [-0.2, -0.15) is 0 Å². The molecule has 2 heterocycles. The molecule has 34 nitrogen and oxygen atoms in total. The largest absolute Gasteiger partial charge is 0.508 e. The van der Waals surface area contributed by atoms with E-state index in [1.54, 1.807) is 164 Å². The van der Waals surface area contributed by atoms with Gasteiger partial charge in [0.2, 0.25) is 65.0 Å². The van der Waals surface area contributed by atoms with E-state index < -0.39 is 180 Å². The molecule has 12 amide bonds. The molecule has 9 rings (SSSR count). The minimum atomic E-state index is -1.99. The third kappa shape index (κ3) is 31.4. The lowest BCUT2D eigenvalue weighted by Crippen LogP contribution is -2.63. The van der Waals surface area contributed by atoms with Crippen molar-refractivity contribution in [2.24, 2.45) is 5.73 Å². The van der Waals surface area contributed by atoms with Gasteiger partial charge in [-0.1, -0.05) is 211 Å². The zero-order chi connectivity index (χ0) is 91.5. The van der Waals surface area contributed by atoms with Gasteiger partial charge in [-0.15, -0.1) is 0 Å². The van der Waals surface area contributed by atoms with Crippen molar-refractivity contribution >= 4 is 110 Å². The highest BCUT2D eigenvalue weighted by Crippen LogP contribution is 2.26. The first-order chi connectivity index (χ1) is 61.0. The number of nitrogens with one attached hydrogen (secondary N) is 14. The minimum Gasteiger partial charge on any atom is -0.508 e. The van der Waals surface area contributed by atoms with Gasteiger partial charge in [-0.3, -0.25) is 52.7 Å². The Bertz CT molecular complexity index is 4990. The van der Waals surface area contributed by atoms with Gasteiger partial charge >= 0.3 is 12.1 Å². The fourth-order valence-corrected chi connectivity index (χ4v) is 16.1. The SMILES string of the molecule is CC(C)NCc1ccc(CC2NC(=O)C(Cc3c[nH]c4ccccc34)NC(=O)[C@H](Cc3ccccc3)NC(=O)C(Cc3ccccc3)NC(=O)[C@H](CCCCN)NC(=O)C(NC(=O)[C@H](Cc3ccc(O)cc3)NC(=O)OCc3ccccc3)CSSC[C@@H](C(=O)O)NC(=O)[C@H](CO)NC(=O)C([C@@H](C)O)NC(=O)[C@H](Cc3ccccc3)NC(=O)C([C@@H](C)O)NC2=O)cc1. The van der Waals surface area contributed by atoms with Crippen LogP contribution in [0.3, 0.4) is 0 Å². The number of rotatable bonds is 28. The number of ether oxygens (including phenoxy) is 1. The Labute approximate surface area is 742 Å². The summed E-state index contributed by atoms with van der Waals surface area (Å²) >= 11 is 0. The van der Waals surface area contributed by atoms with Gasteiger partial charge in [0.1, 0.15) is 84.9 Å². The Morgan fingerprint density at radius 2 is 0.866 bits per heavy atom. The van der Waals surface area contributed by atoms with E-state index in [4.69, 9.17) is 10.5 Å². The van der Waals surface area contributed by atoms with E-state index in [-0.39, 0.29) is 76.3 Å². The van der Waals surface area contributed by atoms with Gasteiger partial charge in [0.05, 0.1) is 18.8 Å². The highest BCUT2D eigenvalue weighted by atomic mass is 33.1. The molecule has 1 fully saturated rings. The highest BCUT2D eigenvalue weighted by molar-refractivity contribution is 8.76. The summed E-state index contributed by atoms with van der Waals surface area (Å²) in [4.78, 5) is 196. The molecule has 1 saturated heterocycles. The zero-order valence-electron chi connectivity index (χ0n) is 70.7. The van der Waals surface area contributed by atoms with Crippen LogP contribution in [0.2, 0.25) is 0 Å². The monoisotopic (exact) mass is 1780 g/mol. The van der Waals surface area contributed by atoms with Crippen LogP contribution in [-0.4, -0.2) is 223 Å². The first-order valence-electron chi connectivity index (χ1n) is 41.7. The number of phenols is 1. The molecule has 0 aliphatic carbocycles. The summed E-state index contributed by atoms with van der Waals surface area (Å²) in [6, 6.07) is 33.1. The maximum Gasteiger partial charge on any atom is 0.408 e. The summed E-state index contributed by atoms with van der Waals surface area (Å²) in [6.07, 6.45) is -4.23. The standard InChI is InChI=1S/C91H111N15O19S2/c1-53(2)93-47-61-34-32-59(33-35-61)44-70-84(116)105-77(54(3)108)88(120)100-71(43-58-25-13-7-14-26-58)85(117)106-78(55(4)109)89(121)101-74(49-107)86(118)103-76(90(122)123)52-127-126-51-75(102-82(114)72(45-60-36-38-64(110)39-37-60)104-91(124)125-50-62-27-15-8-16-28-62)87(119)95-67(31-19-20-40-92)79(111)96-68(41-56-21-9-5-10-22-56)80(112)97-69(42-57-23-11-6-12-24-57)81(113)99-73(83(115)98-70)46-63-48-94-66-30-18-17-29-65(63)66/h5-18,21-30,32-39,48,53-55,67-78,93-94,107-110H,19-20,31,40-47,49-52,92H2,1-4H3,(H,95,119)(H,96,111)(H,97,112)(H,98,115)(H,99,113)(H,100,120)(H,101,121)(H,102,114)(H,103,118)(H,104,124)(H,105,116)(H,106,117)(H,122,123)/t54-,55-,67+,68?,69+,70?,71+,72+,73?,74+,75?,76+,77?,78?/m1/s1. The number of amides is 12. The number of alkyl carbamates (subject to hydrolysis) is 1. The summed E-state index contributed by atoms with van der Waals surface area (Å²) in [5.74, 6) is -14.5. The number of carbonyl (C=O) groups excluding carboxylic acids is 12. The van der Waals surface area contributed by atoms with E-state index in [1.165, 1.54) is 31.2 Å². The van der Waals surface area contributed by atoms with Crippen molar-refractivity contribution in [3.8, 4) is 5.75 Å². The van der Waals surface area contributed by atoms with Gasteiger partial charge < -0.3 is 110 Å². The number of aliphatic hydroxyl groups is 3. The van der Waals surface area contributed by atoms with Crippen LogP contribution in [-0.2, 0) is 114 Å². The molecule has 1 aliphatic heterocycles. The molecule has 36 heteroatoms. The lowest BCUT2D eigenvalue weighted by Gasteiger charge is -2.29. The fraction of sp³-hybridized carbons (Fsp3) is 0.374. The van der Waals surface area contributed by atoms with Crippen molar-refractivity contribution in [3.05, 3.63) is 245 Å². The van der Waals surface area contributed by atoms with E-state index in [9.17, 15) is 59.1 Å². The fourth-order valence-electron chi connectivity index (χ4n) is 13.7. The first kappa shape index (κ1) is 98.1. The number of carboxylic acid groups (broad SMARTS) is 1. The average molecular weight is 1780 g/mol. The van der Waals surface area contributed by atoms with Gasteiger partial charge in [-0.05, 0) is 102 Å². The number of aliphatic carboxylic acids is 1. The molecule has 7 aromatic carbocycles. The quantitative estimate of drug-likeness (QED) is 0.0247. The number of phenolic OH excluding ortho intramolecular Hbond substituents is 1. The summed E-state index contributed by atoms with van der Waals surface area (Å²) in [6.45, 7) is 5.41. The number of aromatic amines is 1. The Kier molecular flexibility index (Phi) is 38.5. The summed E-state index contributed by atoms with van der Waals surface area (Å²) in [5.41, 5.74) is 11.0. The predicted octanol–water partition coefficient (Wildman–Crippen LogP) is 2.12. The molecule has 6 unspecified atom stereocenters. The van der Waals surface area contributed by atoms with Crippen molar-refractivity contribution in [3.63, 3.8) is 0 Å². The Morgan fingerprint density at radius 1 is 0.457 bits per heavy atom. The number of hydrogen-bond donors (Lipinski definition) is 20. The van der Waals surface area contributed by atoms with Crippen molar-refractivity contribution in [1.82, 2.24) is 74.1 Å². The minimum absolute atomic E-state index is 0.117. The van der Waals surface area contributed by atoms with Gasteiger partial charge in [0.15, 0.2) is 0 Å². The molecule has 0 spiro atoms. The molecular weight excluding hydrogens is 1670 g/mol. The van der Waals surface area contributed by atoms with E-state index in [0.29, 0.717) is 62.8 Å². The van der Waals surface area contributed by atoms with Gasteiger partial charge in [0.25, 0.3) is 0 Å². The van der Waals surface area contributed by atoms with Crippen LogP contribution in [0.1, 0.15) is 91.5 Å². The van der Waals surface area contributed by atoms with Crippen LogP contribution in [0, 0.1) is 0 Å². The summed E-state index contributed by atoms with van der Waals surface area (Å²) in [7, 11) is 1.56. The average Bonchev–Trinajstić information content (AvgIpc) is 1.59. The summed E-state index contributed by atoms with van der Waals surface area (Å²) < 4.78 is 5.51. The molecule has 1 aliphatic rings. The van der Waals surface area contributed by atoms with E-state index in [0.717, 1.165) is 34.1 Å². The lowest BCUT2D eigenvalue weighted by molar-refractivity contribution is -0.142. The van der Waals surface area contributed by atoms with Crippen molar-refractivity contribution < 1.29 is 92.6 Å². The summed E-state index contributed by atoms with van der Waals surface area (Å²) in [5, 5.41) is 89.5. The molecule has 0 bridgehead atoms. The molecule has 8 aromatic rings. The molecule has 676 valence electrons. The Morgan fingerprint density at radius 3 is 1.35 bits per heavy atom. The second-order valence-corrected chi connectivity index (χ2v) is 33.7. The molecule has 1 aromatic heterocycles. The van der Waals surface area contributed by atoms with Crippen molar-refractivity contribution in [2.45, 2.75) is 189 Å². The van der Waals surface area contributed by atoms with Gasteiger partial charge in [0, 0.05) is 79.7 Å². The second-order valence-electron chi connectivity index (χ2n) is 31.2. The van der Waals surface area contributed by atoms with E-state index in [2.05, 4.69) is 74.1 Å². The predicted molar refractivity (Wildman–Crippen MR) is 477 cm³/mol. The zero-order valence-corrected chi connectivity index (χ0v) is 72.3. The topological polar surface area (TPSA) is 530 Å². The third-order valence-corrected chi connectivity index (χ3v) is 23.2. The smallest absolute Gasteiger partial charge is 0.408 e. The number of H-pyrrole nitrogens is 1. The molecule has 14 atom stereocenters. The number of aromatic nitrogens is 1. The van der Waals surface area contributed by atoms with Crippen LogP contribution in [0.15, 0.2) is 200 Å². The number of carbonyl (C=O) groups is 13. The number of fused-ring (bicyclic) bond motifs is 1. The van der Waals surface area contributed by atoms with Gasteiger partial charge in [-0.25, -0.2) is 9.59 Å².